The van der Waals surface area contributed by atoms with Crippen LogP contribution in [0.15, 0.2) is 53.2 Å². The second kappa shape index (κ2) is 9.09. The van der Waals surface area contributed by atoms with Gasteiger partial charge < -0.3 is 24.4 Å². The second-order valence-electron chi connectivity index (χ2n) is 10.2. The van der Waals surface area contributed by atoms with Crippen LogP contribution in [0, 0.1) is 0 Å². The predicted octanol–water partition coefficient (Wildman–Crippen LogP) is 5.09. The van der Waals surface area contributed by atoms with Crippen molar-refractivity contribution in [2.75, 3.05) is 13.1 Å². The van der Waals surface area contributed by atoms with E-state index < -0.39 is 6.10 Å². The van der Waals surface area contributed by atoms with Gasteiger partial charge in [-0.25, -0.2) is 4.79 Å². The van der Waals surface area contributed by atoms with E-state index in [1.807, 2.05) is 18.2 Å². The molecule has 2 aromatic heterocycles. The summed E-state index contributed by atoms with van der Waals surface area (Å²) >= 11 is 0. The number of amides is 2. The number of fused-ring (bicyclic) bond motifs is 2. The number of carbonyl (C=O) groups is 1. The fourth-order valence-electron chi connectivity index (χ4n) is 5.57. The highest BCUT2D eigenvalue weighted by atomic mass is 16.5. The normalized spacial score (nSPS) is 19.7. The monoisotopic (exact) mass is 485 g/mol. The molecule has 1 aliphatic carbocycles. The van der Waals surface area contributed by atoms with E-state index in [-0.39, 0.29) is 12.1 Å². The first-order valence-corrected chi connectivity index (χ1v) is 12.8. The maximum atomic E-state index is 12.8. The Morgan fingerprint density at radius 1 is 1.19 bits per heavy atom. The van der Waals surface area contributed by atoms with Gasteiger partial charge in [0, 0.05) is 47.4 Å². The fourth-order valence-corrected chi connectivity index (χ4v) is 5.57. The summed E-state index contributed by atoms with van der Waals surface area (Å²) < 4.78 is 7.95. The number of carbonyl (C=O) groups excluding carboxylic acids is 1. The molecule has 2 unspecified atom stereocenters. The lowest BCUT2D eigenvalue weighted by atomic mass is 9.84. The first-order chi connectivity index (χ1) is 17.5. The fraction of sp³-hybridized carbons (Fsp3) is 0.393. The number of urea groups is 1. The number of aliphatic hydroxyl groups excluding tert-OH is 1. The number of aliphatic hydroxyl groups is 1. The third-order valence-electron chi connectivity index (χ3n) is 7.45. The molecule has 8 heteroatoms. The molecule has 186 valence electrons. The zero-order valence-electron chi connectivity index (χ0n) is 20.6. The van der Waals surface area contributed by atoms with Crippen molar-refractivity contribution in [3.63, 3.8) is 0 Å². The minimum absolute atomic E-state index is 0.0716. The third-order valence-corrected chi connectivity index (χ3v) is 7.45. The van der Waals surface area contributed by atoms with Crippen molar-refractivity contribution in [1.82, 2.24) is 24.9 Å². The van der Waals surface area contributed by atoms with Crippen LogP contribution < -0.4 is 5.32 Å². The van der Waals surface area contributed by atoms with E-state index in [2.05, 4.69) is 59.4 Å². The molecule has 1 aliphatic heterocycles. The molecule has 2 N–H and O–H groups in total. The lowest BCUT2D eigenvalue weighted by Gasteiger charge is -2.29. The molecule has 0 bridgehead atoms. The smallest absolute Gasteiger partial charge is 0.317 e. The van der Waals surface area contributed by atoms with E-state index in [1.54, 1.807) is 4.90 Å². The SMILES string of the molecule is CC(C)n1ccc2cc(-c3nc(-c4cccc5c4CCCC5NC(=O)N4CCC(O)C4)no3)ccc21. The molecule has 4 aromatic rings. The number of nitrogens with zero attached hydrogens (tertiary/aromatic N) is 4. The third kappa shape index (κ3) is 4.05. The van der Waals surface area contributed by atoms with Crippen molar-refractivity contribution in [2.45, 2.75) is 57.7 Å². The van der Waals surface area contributed by atoms with Gasteiger partial charge in [-0.05, 0) is 74.9 Å². The summed E-state index contributed by atoms with van der Waals surface area (Å²) in [4.78, 5) is 19.2. The van der Waals surface area contributed by atoms with Crippen LogP contribution in [0.3, 0.4) is 0 Å². The van der Waals surface area contributed by atoms with E-state index >= 15 is 0 Å². The number of hydrogen-bond acceptors (Lipinski definition) is 5. The number of rotatable bonds is 4. The van der Waals surface area contributed by atoms with Crippen LogP contribution in [0.4, 0.5) is 4.79 Å². The van der Waals surface area contributed by atoms with Gasteiger partial charge in [0.1, 0.15) is 0 Å². The summed E-state index contributed by atoms with van der Waals surface area (Å²) in [6.07, 6.45) is 5.06. The molecule has 2 aromatic carbocycles. The number of benzene rings is 2. The molecule has 8 nitrogen and oxygen atoms in total. The summed E-state index contributed by atoms with van der Waals surface area (Å²) in [7, 11) is 0. The first kappa shape index (κ1) is 22.8. The minimum atomic E-state index is -0.427. The molecule has 0 radical (unpaired) electrons. The van der Waals surface area contributed by atoms with Crippen molar-refractivity contribution in [2.24, 2.45) is 0 Å². The summed E-state index contributed by atoms with van der Waals surface area (Å²) in [5, 5.41) is 18.4. The van der Waals surface area contributed by atoms with Crippen molar-refractivity contribution in [3.8, 4) is 22.8 Å². The van der Waals surface area contributed by atoms with Gasteiger partial charge in [-0.2, -0.15) is 4.98 Å². The van der Waals surface area contributed by atoms with Crippen LogP contribution in [-0.4, -0.2) is 49.9 Å². The highest BCUT2D eigenvalue weighted by molar-refractivity contribution is 5.84. The van der Waals surface area contributed by atoms with Crippen molar-refractivity contribution in [1.29, 1.82) is 0 Å². The minimum Gasteiger partial charge on any atom is -0.391 e. The van der Waals surface area contributed by atoms with Gasteiger partial charge in [-0.15, -0.1) is 0 Å². The maximum absolute atomic E-state index is 12.8. The lowest BCUT2D eigenvalue weighted by molar-refractivity contribution is 0.170. The van der Waals surface area contributed by atoms with E-state index in [0.717, 1.165) is 46.9 Å². The van der Waals surface area contributed by atoms with E-state index in [4.69, 9.17) is 9.51 Å². The highest BCUT2D eigenvalue weighted by Crippen LogP contribution is 2.36. The summed E-state index contributed by atoms with van der Waals surface area (Å²) in [6.45, 7) is 5.33. The zero-order valence-corrected chi connectivity index (χ0v) is 20.6. The van der Waals surface area contributed by atoms with E-state index in [0.29, 0.717) is 37.3 Å². The zero-order chi connectivity index (χ0) is 24.8. The molecule has 1 fully saturated rings. The molecule has 2 amide bonds. The Kier molecular flexibility index (Phi) is 5.76. The Balaban J connectivity index is 1.27. The Hall–Kier alpha value is -3.65. The van der Waals surface area contributed by atoms with Crippen molar-refractivity contribution < 1.29 is 14.4 Å². The number of β-amino-alcohol motifs (C(OH)–C–C–N with tert-alkyl or cyclic N) is 1. The standard InChI is InChI=1S/C28H31N5O3/c1-17(2)33-14-11-18-15-19(9-10-25(18)33)27-30-26(31-36-27)23-7-3-6-22-21(23)5-4-8-24(22)29-28(35)32-13-12-20(34)16-32/h3,6-7,9-11,14-15,17,20,24,34H,4-5,8,12-13,16H2,1-2H3,(H,29,35). The average Bonchev–Trinajstić information content (AvgIpc) is 3.63. The molecule has 2 aliphatic rings. The molecule has 36 heavy (non-hydrogen) atoms. The molecular formula is C28H31N5O3. The Morgan fingerprint density at radius 3 is 2.89 bits per heavy atom. The first-order valence-electron chi connectivity index (χ1n) is 12.8. The van der Waals surface area contributed by atoms with Gasteiger partial charge in [0.15, 0.2) is 0 Å². The molecule has 1 saturated heterocycles. The number of likely N-dealkylation sites (tertiary alicyclic amines) is 1. The van der Waals surface area contributed by atoms with Gasteiger partial charge >= 0.3 is 6.03 Å². The Morgan fingerprint density at radius 2 is 2.08 bits per heavy atom. The van der Waals surface area contributed by atoms with Gasteiger partial charge in [0.25, 0.3) is 5.89 Å². The highest BCUT2D eigenvalue weighted by Gasteiger charge is 2.29. The lowest BCUT2D eigenvalue weighted by Crippen LogP contribution is -2.41. The summed E-state index contributed by atoms with van der Waals surface area (Å²) in [6, 6.07) is 14.6. The van der Waals surface area contributed by atoms with Crippen molar-refractivity contribution in [3.05, 3.63) is 59.8 Å². The predicted molar refractivity (Wildman–Crippen MR) is 137 cm³/mol. The summed E-state index contributed by atoms with van der Waals surface area (Å²) in [5.74, 6) is 1.06. The number of nitrogens with one attached hydrogen (secondary N) is 1. The van der Waals surface area contributed by atoms with Crippen LogP contribution in [0.2, 0.25) is 0 Å². The number of aromatic nitrogens is 3. The quantitative estimate of drug-likeness (QED) is 0.420. The molecular weight excluding hydrogens is 454 g/mol. The Bertz CT molecular complexity index is 1420. The maximum Gasteiger partial charge on any atom is 0.317 e. The summed E-state index contributed by atoms with van der Waals surface area (Å²) in [5.41, 5.74) is 5.29. The Labute approximate surface area is 209 Å². The molecule has 2 atom stereocenters. The largest absolute Gasteiger partial charge is 0.391 e. The van der Waals surface area contributed by atoms with E-state index in [1.165, 1.54) is 5.52 Å². The van der Waals surface area contributed by atoms with Crippen LogP contribution in [0.25, 0.3) is 33.7 Å². The van der Waals surface area contributed by atoms with Gasteiger partial charge in [-0.3, -0.25) is 0 Å². The molecule has 0 spiro atoms. The van der Waals surface area contributed by atoms with Gasteiger partial charge in [-0.1, -0.05) is 23.4 Å². The van der Waals surface area contributed by atoms with Gasteiger partial charge in [0.05, 0.1) is 12.1 Å². The van der Waals surface area contributed by atoms with Crippen LogP contribution in [0.1, 0.15) is 56.3 Å². The van der Waals surface area contributed by atoms with Gasteiger partial charge in [0.2, 0.25) is 5.82 Å². The molecule has 3 heterocycles. The van der Waals surface area contributed by atoms with E-state index in [9.17, 15) is 9.90 Å². The number of hydrogen-bond donors (Lipinski definition) is 2. The van der Waals surface area contributed by atoms with Crippen LogP contribution in [-0.2, 0) is 6.42 Å². The van der Waals surface area contributed by atoms with Crippen LogP contribution in [0.5, 0.6) is 0 Å². The molecule has 0 saturated carbocycles. The molecule has 6 rings (SSSR count). The topological polar surface area (TPSA) is 96.4 Å². The second-order valence-corrected chi connectivity index (χ2v) is 10.2. The average molecular weight is 486 g/mol. The van der Waals surface area contributed by atoms with Crippen molar-refractivity contribution >= 4 is 16.9 Å². The van der Waals surface area contributed by atoms with Crippen LogP contribution >= 0.6 is 0 Å².